The van der Waals surface area contributed by atoms with E-state index >= 15 is 0 Å². The van der Waals surface area contributed by atoms with Crippen molar-refractivity contribution in [2.24, 2.45) is 5.92 Å². The minimum Gasteiger partial charge on any atom is -0.396 e. The minimum atomic E-state index is 0.334. The van der Waals surface area contributed by atoms with Crippen LogP contribution in [-0.4, -0.2) is 17.8 Å². The summed E-state index contributed by atoms with van der Waals surface area (Å²) >= 11 is 1.82. The molecular weight excluding hydrogens is 218 g/mol. The molecule has 0 saturated heterocycles. The third-order valence-electron chi connectivity index (χ3n) is 3.64. The molecule has 2 nitrogen and oxygen atoms in total. The van der Waals surface area contributed by atoms with Crippen molar-refractivity contribution in [3.8, 4) is 0 Å². The quantitative estimate of drug-likeness (QED) is 0.846. The summed E-state index contributed by atoms with van der Waals surface area (Å²) in [5.74, 6) is 0.467. The van der Waals surface area contributed by atoms with E-state index in [0.29, 0.717) is 18.6 Å². The average Bonchev–Trinajstić information content (AvgIpc) is 2.72. The molecule has 1 heterocycles. The maximum atomic E-state index is 9.34. The average molecular weight is 239 g/mol. The molecule has 0 radical (unpaired) electrons. The molecule has 2 rings (SSSR count). The number of rotatable bonds is 4. The number of aliphatic hydroxyl groups is 1. The Morgan fingerprint density at radius 2 is 2.25 bits per heavy atom. The van der Waals surface area contributed by atoms with E-state index in [1.165, 1.54) is 36.1 Å². The van der Waals surface area contributed by atoms with Gasteiger partial charge in [-0.2, -0.15) is 0 Å². The van der Waals surface area contributed by atoms with Gasteiger partial charge in [-0.3, -0.25) is 0 Å². The normalized spacial score (nSPS) is 25.9. The van der Waals surface area contributed by atoms with E-state index in [4.69, 9.17) is 0 Å². The molecule has 90 valence electrons. The van der Waals surface area contributed by atoms with Crippen molar-refractivity contribution in [1.82, 2.24) is 5.32 Å². The lowest BCUT2D eigenvalue weighted by Crippen LogP contribution is -2.39. The van der Waals surface area contributed by atoms with Gasteiger partial charge in [0.1, 0.15) is 0 Å². The van der Waals surface area contributed by atoms with Gasteiger partial charge in [-0.15, -0.1) is 11.3 Å². The van der Waals surface area contributed by atoms with E-state index in [0.717, 1.165) is 6.54 Å². The van der Waals surface area contributed by atoms with E-state index < -0.39 is 0 Å². The van der Waals surface area contributed by atoms with E-state index in [1.807, 2.05) is 11.3 Å². The van der Waals surface area contributed by atoms with Crippen LogP contribution in [0.5, 0.6) is 0 Å². The lowest BCUT2D eigenvalue weighted by Gasteiger charge is -2.31. The Hall–Kier alpha value is -0.380. The summed E-state index contributed by atoms with van der Waals surface area (Å²) in [4.78, 5) is 1.43. The summed E-state index contributed by atoms with van der Waals surface area (Å²) in [5, 5.41) is 15.1. The van der Waals surface area contributed by atoms with Crippen LogP contribution in [0, 0.1) is 12.8 Å². The summed E-state index contributed by atoms with van der Waals surface area (Å²) in [6, 6.07) is 2.69. The zero-order valence-corrected chi connectivity index (χ0v) is 10.7. The van der Waals surface area contributed by atoms with Gasteiger partial charge in [-0.25, -0.2) is 0 Å². The van der Waals surface area contributed by atoms with Crippen LogP contribution in [0.4, 0.5) is 0 Å². The van der Waals surface area contributed by atoms with Crippen LogP contribution in [0.1, 0.15) is 36.1 Å². The van der Waals surface area contributed by atoms with Crippen LogP contribution in [0.3, 0.4) is 0 Å². The maximum absolute atomic E-state index is 9.34. The van der Waals surface area contributed by atoms with Crippen molar-refractivity contribution >= 4 is 11.3 Å². The largest absolute Gasteiger partial charge is 0.396 e. The number of aryl methyl sites for hydroxylation is 1. The fourth-order valence-electron chi connectivity index (χ4n) is 2.50. The Labute approximate surface area is 102 Å². The van der Waals surface area contributed by atoms with Gasteiger partial charge in [0, 0.05) is 24.1 Å². The molecule has 16 heavy (non-hydrogen) atoms. The smallest absolute Gasteiger partial charge is 0.0474 e. The summed E-state index contributed by atoms with van der Waals surface area (Å²) < 4.78 is 0. The number of nitrogens with one attached hydrogen (secondary N) is 1. The van der Waals surface area contributed by atoms with Gasteiger partial charge in [0.05, 0.1) is 0 Å². The molecule has 1 aliphatic carbocycles. The zero-order valence-electron chi connectivity index (χ0n) is 9.91. The Kier molecular flexibility index (Phi) is 4.38. The van der Waals surface area contributed by atoms with Gasteiger partial charge in [0.15, 0.2) is 0 Å². The first-order valence-electron chi connectivity index (χ1n) is 6.18. The molecule has 2 atom stereocenters. The fraction of sp³-hybridized carbons (Fsp3) is 0.692. The number of hydrogen-bond donors (Lipinski definition) is 2. The van der Waals surface area contributed by atoms with Gasteiger partial charge < -0.3 is 10.4 Å². The summed E-state index contributed by atoms with van der Waals surface area (Å²) in [6.45, 7) is 3.46. The molecule has 1 aliphatic rings. The highest BCUT2D eigenvalue weighted by Crippen LogP contribution is 2.25. The summed E-state index contributed by atoms with van der Waals surface area (Å²) in [7, 11) is 0. The lowest BCUT2D eigenvalue weighted by molar-refractivity contribution is 0.152. The molecule has 0 spiro atoms. The number of aliphatic hydroxyl groups excluding tert-OH is 1. The first-order valence-corrected chi connectivity index (χ1v) is 7.06. The zero-order chi connectivity index (χ0) is 11.4. The van der Waals surface area contributed by atoms with Crippen molar-refractivity contribution in [2.75, 3.05) is 6.61 Å². The van der Waals surface area contributed by atoms with E-state index in [1.54, 1.807) is 0 Å². The molecule has 3 heteroatoms. The monoisotopic (exact) mass is 239 g/mol. The van der Waals surface area contributed by atoms with Gasteiger partial charge in [0.25, 0.3) is 0 Å². The fourth-order valence-corrected chi connectivity index (χ4v) is 3.36. The number of hydrogen-bond acceptors (Lipinski definition) is 3. The SMILES string of the molecule is Cc1ccsc1CNC1CCCCC1CO. The lowest BCUT2D eigenvalue weighted by atomic mass is 9.85. The Bertz CT molecular complexity index is 323. The van der Waals surface area contributed by atoms with Crippen molar-refractivity contribution in [1.29, 1.82) is 0 Å². The molecule has 0 amide bonds. The highest BCUT2D eigenvalue weighted by molar-refractivity contribution is 7.10. The highest BCUT2D eigenvalue weighted by atomic mass is 32.1. The van der Waals surface area contributed by atoms with E-state index in [2.05, 4.69) is 23.7 Å². The molecule has 1 fully saturated rings. The molecule has 0 aromatic carbocycles. The first-order chi connectivity index (χ1) is 7.81. The second kappa shape index (κ2) is 5.80. The van der Waals surface area contributed by atoms with Crippen molar-refractivity contribution in [3.63, 3.8) is 0 Å². The molecular formula is C13H21NOS. The van der Waals surface area contributed by atoms with Crippen LogP contribution in [-0.2, 0) is 6.54 Å². The Morgan fingerprint density at radius 1 is 1.44 bits per heavy atom. The van der Waals surface area contributed by atoms with Gasteiger partial charge in [0.2, 0.25) is 0 Å². The summed E-state index contributed by atoms with van der Waals surface area (Å²) in [6.07, 6.45) is 4.98. The van der Waals surface area contributed by atoms with Gasteiger partial charge >= 0.3 is 0 Å². The van der Waals surface area contributed by atoms with E-state index in [9.17, 15) is 5.11 Å². The standard InChI is InChI=1S/C13H21NOS/c1-10-6-7-16-13(10)8-14-12-5-3-2-4-11(12)9-15/h6-7,11-12,14-15H,2-5,8-9H2,1H3. The molecule has 1 aromatic rings. The number of thiophene rings is 1. The molecule has 1 saturated carbocycles. The third kappa shape index (κ3) is 2.84. The highest BCUT2D eigenvalue weighted by Gasteiger charge is 2.23. The Balaban J connectivity index is 1.86. The van der Waals surface area contributed by atoms with Crippen molar-refractivity contribution in [3.05, 3.63) is 21.9 Å². The molecule has 1 aromatic heterocycles. The molecule has 2 unspecified atom stereocenters. The minimum absolute atomic E-state index is 0.334. The van der Waals surface area contributed by atoms with Crippen molar-refractivity contribution < 1.29 is 5.11 Å². The topological polar surface area (TPSA) is 32.3 Å². The van der Waals surface area contributed by atoms with Crippen molar-refractivity contribution in [2.45, 2.75) is 45.2 Å². The second-order valence-electron chi connectivity index (χ2n) is 4.74. The predicted octanol–water partition coefficient (Wildman–Crippen LogP) is 2.70. The van der Waals surface area contributed by atoms with Crippen LogP contribution in [0.15, 0.2) is 11.4 Å². The third-order valence-corrected chi connectivity index (χ3v) is 4.66. The molecule has 0 bridgehead atoms. The maximum Gasteiger partial charge on any atom is 0.0474 e. The van der Waals surface area contributed by atoms with Gasteiger partial charge in [-0.1, -0.05) is 12.8 Å². The predicted molar refractivity (Wildman–Crippen MR) is 68.7 cm³/mol. The molecule has 0 aliphatic heterocycles. The van der Waals surface area contributed by atoms with Gasteiger partial charge in [-0.05, 0) is 42.7 Å². The second-order valence-corrected chi connectivity index (χ2v) is 5.74. The Morgan fingerprint density at radius 3 is 2.94 bits per heavy atom. The van der Waals surface area contributed by atoms with E-state index in [-0.39, 0.29) is 0 Å². The summed E-state index contributed by atoms with van der Waals surface area (Å²) in [5.41, 5.74) is 1.38. The first kappa shape index (κ1) is 12.1. The van der Waals surface area contributed by atoms with Crippen LogP contribution in [0.2, 0.25) is 0 Å². The van der Waals surface area contributed by atoms with Crippen LogP contribution >= 0.6 is 11.3 Å². The van der Waals surface area contributed by atoms with Crippen LogP contribution in [0.25, 0.3) is 0 Å². The van der Waals surface area contributed by atoms with Crippen LogP contribution < -0.4 is 5.32 Å². The molecule has 2 N–H and O–H groups in total.